The Kier molecular flexibility index (Phi) is 8.46. The molecule has 0 aliphatic heterocycles. The van der Waals surface area contributed by atoms with Crippen molar-refractivity contribution in [3.8, 4) is 0 Å². The van der Waals surface area contributed by atoms with Gasteiger partial charge in [-0.05, 0) is 60.5 Å². The smallest absolute Gasteiger partial charge is 0.216 e. The summed E-state index contributed by atoms with van der Waals surface area (Å²) in [5, 5.41) is 4.31. The summed E-state index contributed by atoms with van der Waals surface area (Å²) in [7, 11) is -4.29. The summed E-state index contributed by atoms with van der Waals surface area (Å²) in [5.74, 6) is -1.56. The molecule has 34 heavy (non-hydrogen) atoms. The van der Waals surface area contributed by atoms with Crippen molar-refractivity contribution in [1.82, 2.24) is 10.3 Å². The molecule has 0 saturated heterocycles. The normalized spacial score (nSPS) is 12.3. The van der Waals surface area contributed by atoms with Gasteiger partial charge >= 0.3 is 0 Å². The second kappa shape index (κ2) is 11.1. The van der Waals surface area contributed by atoms with Crippen molar-refractivity contribution < 1.29 is 22.0 Å². The largest absolute Gasteiger partial charge is 0.370 e. The van der Waals surface area contributed by atoms with Crippen LogP contribution in [-0.2, 0) is 14.6 Å². The Hall–Kier alpha value is -2.75. The van der Waals surface area contributed by atoms with Crippen molar-refractivity contribution in [3.63, 3.8) is 0 Å². The SMILES string of the molecule is CC(=O)NCCCNc1cc(C(c2cc(F)ccc2F)S(=O)(=O)c2ccc(Cl)cc2)c(Cl)cn1. The van der Waals surface area contributed by atoms with Crippen molar-refractivity contribution in [2.45, 2.75) is 23.5 Å². The van der Waals surface area contributed by atoms with Crippen LogP contribution in [0, 0.1) is 11.6 Å². The summed E-state index contributed by atoms with van der Waals surface area (Å²) in [4.78, 5) is 15.0. The fourth-order valence-electron chi connectivity index (χ4n) is 3.30. The zero-order chi connectivity index (χ0) is 24.9. The molecule has 1 unspecified atom stereocenters. The molecule has 0 spiro atoms. The number of halogens is 4. The fraction of sp³-hybridized carbons (Fsp3) is 0.217. The van der Waals surface area contributed by atoms with Crippen molar-refractivity contribution in [1.29, 1.82) is 0 Å². The quantitative estimate of drug-likeness (QED) is 0.375. The Morgan fingerprint density at radius 3 is 2.41 bits per heavy atom. The molecule has 1 aromatic heterocycles. The number of nitrogens with zero attached hydrogens (tertiary/aromatic N) is 1. The predicted molar refractivity (Wildman–Crippen MR) is 128 cm³/mol. The standard InChI is InChI=1S/C23H21Cl2F2N3O3S/c1-14(31)28-9-2-10-29-22-12-18(20(25)13-30-22)23(19-11-16(26)5-8-21(19)27)34(32,33)17-6-3-15(24)4-7-17/h3-8,11-13,23H,2,9-10H2,1H3,(H,28,31)(H,29,30). The van der Waals surface area contributed by atoms with Gasteiger partial charge in [0.1, 0.15) is 22.7 Å². The highest BCUT2D eigenvalue weighted by Crippen LogP contribution is 2.40. The van der Waals surface area contributed by atoms with E-state index in [1.165, 1.54) is 43.5 Å². The molecule has 0 fully saturated rings. The molecule has 2 N–H and O–H groups in total. The first kappa shape index (κ1) is 25.9. The first-order valence-corrected chi connectivity index (χ1v) is 12.5. The number of nitrogens with one attached hydrogen (secondary N) is 2. The monoisotopic (exact) mass is 527 g/mol. The highest BCUT2D eigenvalue weighted by Gasteiger charge is 2.35. The Morgan fingerprint density at radius 1 is 1.03 bits per heavy atom. The number of sulfone groups is 1. The van der Waals surface area contributed by atoms with Crippen molar-refractivity contribution in [2.24, 2.45) is 0 Å². The van der Waals surface area contributed by atoms with Gasteiger partial charge in [0.15, 0.2) is 9.84 Å². The number of benzene rings is 2. The van der Waals surface area contributed by atoms with Gasteiger partial charge in [0.2, 0.25) is 5.91 Å². The van der Waals surface area contributed by atoms with E-state index in [1.807, 2.05) is 0 Å². The first-order chi connectivity index (χ1) is 16.1. The zero-order valence-electron chi connectivity index (χ0n) is 18.0. The van der Waals surface area contributed by atoms with Crippen molar-refractivity contribution >= 4 is 44.8 Å². The van der Waals surface area contributed by atoms with E-state index >= 15 is 0 Å². The van der Waals surface area contributed by atoms with E-state index < -0.39 is 26.7 Å². The molecule has 2 aromatic carbocycles. The summed E-state index contributed by atoms with van der Waals surface area (Å²) in [6.07, 6.45) is 1.82. The number of hydrogen-bond donors (Lipinski definition) is 2. The lowest BCUT2D eigenvalue weighted by atomic mass is 10.0. The van der Waals surface area contributed by atoms with E-state index in [2.05, 4.69) is 15.6 Å². The molecule has 1 atom stereocenters. The molecule has 0 bridgehead atoms. The highest BCUT2D eigenvalue weighted by molar-refractivity contribution is 7.92. The lowest BCUT2D eigenvalue weighted by molar-refractivity contribution is -0.118. The third-order valence-corrected chi connectivity index (χ3v) is 7.52. The molecule has 3 rings (SSSR count). The molecule has 0 aliphatic carbocycles. The minimum absolute atomic E-state index is 0.0282. The van der Waals surface area contributed by atoms with Crippen LogP contribution in [0.1, 0.15) is 29.7 Å². The Bertz CT molecular complexity index is 1290. The van der Waals surface area contributed by atoms with Gasteiger partial charge in [0.25, 0.3) is 0 Å². The number of amides is 1. The molecule has 6 nitrogen and oxygen atoms in total. The molecule has 0 saturated carbocycles. The van der Waals surface area contributed by atoms with Gasteiger partial charge in [-0.1, -0.05) is 23.2 Å². The van der Waals surface area contributed by atoms with Crippen molar-refractivity contribution in [2.75, 3.05) is 18.4 Å². The van der Waals surface area contributed by atoms with E-state index in [0.717, 1.165) is 18.2 Å². The number of carbonyl (C=O) groups excluding carboxylic acids is 1. The maximum Gasteiger partial charge on any atom is 0.216 e. The average Bonchev–Trinajstić information content (AvgIpc) is 2.78. The number of hydrogen-bond acceptors (Lipinski definition) is 5. The predicted octanol–water partition coefficient (Wildman–Crippen LogP) is 5.17. The van der Waals surface area contributed by atoms with Crippen LogP contribution in [0.5, 0.6) is 0 Å². The van der Waals surface area contributed by atoms with E-state index in [1.54, 1.807) is 0 Å². The number of carbonyl (C=O) groups is 1. The summed E-state index contributed by atoms with van der Waals surface area (Å²) in [6, 6.07) is 9.37. The third kappa shape index (κ3) is 6.22. The first-order valence-electron chi connectivity index (χ1n) is 10.2. The number of aromatic nitrogens is 1. The summed E-state index contributed by atoms with van der Waals surface area (Å²) in [6.45, 7) is 2.26. The Morgan fingerprint density at radius 2 is 1.74 bits per heavy atom. The zero-order valence-corrected chi connectivity index (χ0v) is 20.3. The summed E-state index contributed by atoms with van der Waals surface area (Å²) < 4.78 is 56.2. The number of rotatable bonds is 9. The minimum atomic E-state index is -4.29. The van der Waals surface area contributed by atoms with Gasteiger partial charge in [0.05, 0.1) is 9.92 Å². The Balaban J connectivity index is 2.06. The average molecular weight is 528 g/mol. The van der Waals surface area contributed by atoms with E-state index in [9.17, 15) is 22.0 Å². The van der Waals surface area contributed by atoms with Gasteiger partial charge in [-0.15, -0.1) is 0 Å². The van der Waals surface area contributed by atoms with Gasteiger partial charge in [0, 0.05) is 36.8 Å². The van der Waals surface area contributed by atoms with E-state index in [0.29, 0.717) is 24.5 Å². The molecule has 3 aromatic rings. The number of anilines is 1. The van der Waals surface area contributed by atoms with Crippen LogP contribution in [0.3, 0.4) is 0 Å². The van der Waals surface area contributed by atoms with Crippen LogP contribution in [0.25, 0.3) is 0 Å². The van der Waals surface area contributed by atoms with Crippen LogP contribution >= 0.6 is 23.2 Å². The lowest BCUT2D eigenvalue weighted by Crippen LogP contribution is -2.23. The maximum atomic E-state index is 14.8. The van der Waals surface area contributed by atoms with Gasteiger partial charge in [-0.25, -0.2) is 22.2 Å². The van der Waals surface area contributed by atoms with Gasteiger partial charge < -0.3 is 10.6 Å². The van der Waals surface area contributed by atoms with Crippen LogP contribution in [0.15, 0.2) is 59.6 Å². The van der Waals surface area contributed by atoms with Crippen molar-refractivity contribution in [3.05, 3.63) is 87.5 Å². The molecule has 0 radical (unpaired) electrons. The molecule has 0 aliphatic rings. The lowest BCUT2D eigenvalue weighted by Gasteiger charge is -2.21. The molecule has 180 valence electrons. The number of pyridine rings is 1. The topological polar surface area (TPSA) is 88.2 Å². The fourth-order valence-corrected chi connectivity index (χ4v) is 5.53. The maximum absolute atomic E-state index is 14.8. The second-order valence-corrected chi connectivity index (χ2v) is 10.3. The second-order valence-electron chi connectivity index (χ2n) is 7.40. The summed E-state index contributed by atoms with van der Waals surface area (Å²) in [5.41, 5.74) is -0.361. The molecular formula is C23H21Cl2F2N3O3S. The van der Waals surface area contributed by atoms with Crippen LogP contribution < -0.4 is 10.6 Å². The minimum Gasteiger partial charge on any atom is -0.370 e. The highest BCUT2D eigenvalue weighted by atomic mass is 35.5. The Labute approximate surface area is 206 Å². The van der Waals surface area contributed by atoms with Crippen LogP contribution in [-0.4, -0.2) is 32.4 Å². The van der Waals surface area contributed by atoms with E-state index in [4.69, 9.17) is 23.2 Å². The van der Waals surface area contributed by atoms with Gasteiger partial charge in [-0.3, -0.25) is 4.79 Å². The van der Waals surface area contributed by atoms with Crippen LogP contribution in [0.2, 0.25) is 10.0 Å². The molecular weight excluding hydrogens is 507 g/mol. The molecule has 1 heterocycles. The van der Waals surface area contributed by atoms with Gasteiger partial charge in [-0.2, -0.15) is 0 Å². The third-order valence-electron chi connectivity index (χ3n) is 4.89. The van der Waals surface area contributed by atoms with Crippen LogP contribution in [0.4, 0.5) is 14.6 Å². The molecule has 1 amide bonds. The summed E-state index contributed by atoms with van der Waals surface area (Å²) >= 11 is 12.2. The van der Waals surface area contributed by atoms with E-state index in [-0.39, 0.29) is 32.8 Å². The molecule has 11 heteroatoms.